The summed E-state index contributed by atoms with van der Waals surface area (Å²) in [5.41, 5.74) is 0.380. The Morgan fingerprint density at radius 2 is 2.29 bits per heavy atom. The van der Waals surface area contributed by atoms with Crippen LogP contribution in [-0.4, -0.2) is 12.8 Å². The molecule has 0 saturated heterocycles. The molecule has 0 aliphatic carbocycles. The zero-order valence-corrected chi connectivity index (χ0v) is 8.89. The van der Waals surface area contributed by atoms with Gasteiger partial charge >= 0.3 is 0 Å². The van der Waals surface area contributed by atoms with E-state index in [1.807, 2.05) is 0 Å². The van der Waals surface area contributed by atoms with Crippen molar-refractivity contribution >= 4 is 17.8 Å². The summed E-state index contributed by atoms with van der Waals surface area (Å²) in [7, 11) is 0. The lowest BCUT2D eigenvalue weighted by molar-refractivity contribution is 0.626. The number of benzene rings is 1. The molecule has 0 fully saturated rings. The SMILES string of the molecule is CCCC/N=C\c1c(F)cccc1Cl. The minimum absolute atomic E-state index is 0.322. The molecule has 1 nitrogen and oxygen atoms in total. The Labute approximate surface area is 88.6 Å². The first-order valence-electron chi connectivity index (χ1n) is 4.69. The standard InChI is InChI=1S/C11H13ClFN/c1-2-3-7-14-8-9-10(12)5-4-6-11(9)13/h4-6,8H,2-3,7H2,1H3/b14-8-. The number of hydrogen-bond donors (Lipinski definition) is 0. The van der Waals surface area contributed by atoms with E-state index in [4.69, 9.17) is 11.6 Å². The van der Waals surface area contributed by atoms with Gasteiger partial charge in [-0.2, -0.15) is 0 Å². The molecule has 0 amide bonds. The molecule has 0 aliphatic rings. The van der Waals surface area contributed by atoms with E-state index in [-0.39, 0.29) is 5.82 Å². The second-order valence-electron chi connectivity index (χ2n) is 3.02. The molecule has 0 atom stereocenters. The molecular weight excluding hydrogens is 201 g/mol. The Balaban J connectivity index is 2.70. The number of rotatable bonds is 4. The third-order valence-electron chi connectivity index (χ3n) is 1.86. The zero-order valence-electron chi connectivity index (χ0n) is 8.13. The van der Waals surface area contributed by atoms with E-state index in [0.717, 1.165) is 19.4 Å². The third-order valence-corrected chi connectivity index (χ3v) is 2.19. The van der Waals surface area contributed by atoms with Crippen LogP contribution in [-0.2, 0) is 0 Å². The highest BCUT2D eigenvalue weighted by molar-refractivity contribution is 6.33. The summed E-state index contributed by atoms with van der Waals surface area (Å²) in [6, 6.07) is 4.62. The monoisotopic (exact) mass is 213 g/mol. The van der Waals surface area contributed by atoms with Gasteiger partial charge in [0.1, 0.15) is 5.82 Å². The molecule has 0 bridgehead atoms. The molecule has 14 heavy (non-hydrogen) atoms. The van der Waals surface area contributed by atoms with Crippen LogP contribution in [0.4, 0.5) is 4.39 Å². The van der Waals surface area contributed by atoms with Crippen molar-refractivity contribution < 1.29 is 4.39 Å². The third kappa shape index (κ3) is 3.11. The van der Waals surface area contributed by atoms with E-state index in [1.165, 1.54) is 12.3 Å². The van der Waals surface area contributed by atoms with Crippen molar-refractivity contribution in [3.05, 3.63) is 34.6 Å². The largest absolute Gasteiger partial charge is 0.292 e. The summed E-state index contributed by atoms with van der Waals surface area (Å²) in [6.07, 6.45) is 3.61. The van der Waals surface area contributed by atoms with Crippen LogP contribution in [0.15, 0.2) is 23.2 Å². The molecule has 0 spiro atoms. The van der Waals surface area contributed by atoms with Crippen molar-refractivity contribution in [2.75, 3.05) is 6.54 Å². The van der Waals surface area contributed by atoms with Gasteiger partial charge in [-0.05, 0) is 18.6 Å². The predicted molar refractivity (Wildman–Crippen MR) is 58.8 cm³/mol. The molecule has 0 unspecified atom stereocenters. The van der Waals surface area contributed by atoms with Crippen LogP contribution < -0.4 is 0 Å². The summed E-state index contributed by atoms with van der Waals surface area (Å²) in [5.74, 6) is -0.322. The second-order valence-corrected chi connectivity index (χ2v) is 3.43. The predicted octanol–water partition coefficient (Wildman–Crippen LogP) is 3.70. The average molecular weight is 214 g/mol. The van der Waals surface area contributed by atoms with Crippen LogP contribution in [0.3, 0.4) is 0 Å². The van der Waals surface area contributed by atoms with Crippen LogP contribution in [0.2, 0.25) is 5.02 Å². The van der Waals surface area contributed by atoms with E-state index < -0.39 is 0 Å². The fourth-order valence-corrected chi connectivity index (χ4v) is 1.25. The van der Waals surface area contributed by atoms with Crippen molar-refractivity contribution in [3.63, 3.8) is 0 Å². The molecule has 0 saturated carbocycles. The number of hydrogen-bond acceptors (Lipinski definition) is 1. The first-order chi connectivity index (χ1) is 6.75. The van der Waals surface area contributed by atoms with Crippen molar-refractivity contribution in [2.45, 2.75) is 19.8 Å². The lowest BCUT2D eigenvalue weighted by Gasteiger charge is -1.98. The van der Waals surface area contributed by atoms with E-state index >= 15 is 0 Å². The van der Waals surface area contributed by atoms with Crippen molar-refractivity contribution in [1.82, 2.24) is 0 Å². The quantitative estimate of drug-likeness (QED) is 0.534. The topological polar surface area (TPSA) is 12.4 Å². The van der Waals surface area contributed by atoms with Gasteiger partial charge < -0.3 is 0 Å². The molecule has 0 heterocycles. The second kappa shape index (κ2) is 5.76. The van der Waals surface area contributed by atoms with Crippen LogP contribution in [0, 0.1) is 5.82 Å². The van der Waals surface area contributed by atoms with Gasteiger partial charge in [0.05, 0.1) is 5.02 Å². The number of aliphatic imine (C=N–C) groups is 1. The molecule has 0 radical (unpaired) electrons. The highest BCUT2D eigenvalue weighted by Gasteiger charge is 2.02. The lowest BCUT2D eigenvalue weighted by Crippen LogP contribution is -1.90. The van der Waals surface area contributed by atoms with Crippen LogP contribution >= 0.6 is 11.6 Å². The summed E-state index contributed by atoms with van der Waals surface area (Å²) < 4.78 is 13.2. The molecule has 0 aromatic heterocycles. The first-order valence-corrected chi connectivity index (χ1v) is 5.07. The average Bonchev–Trinajstić information content (AvgIpc) is 2.16. The maximum absolute atomic E-state index is 13.2. The Morgan fingerprint density at radius 3 is 2.93 bits per heavy atom. The summed E-state index contributed by atoms with van der Waals surface area (Å²) in [6.45, 7) is 2.81. The van der Waals surface area contributed by atoms with E-state index in [2.05, 4.69) is 11.9 Å². The summed E-state index contributed by atoms with van der Waals surface area (Å²) in [5, 5.41) is 0.408. The smallest absolute Gasteiger partial charge is 0.133 e. The molecule has 76 valence electrons. The van der Waals surface area contributed by atoms with Gasteiger partial charge in [0.2, 0.25) is 0 Å². The summed E-state index contributed by atoms with van der Waals surface area (Å²) in [4.78, 5) is 4.10. The maximum atomic E-state index is 13.2. The molecule has 1 rings (SSSR count). The van der Waals surface area contributed by atoms with Gasteiger partial charge in [-0.15, -0.1) is 0 Å². The minimum atomic E-state index is -0.322. The van der Waals surface area contributed by atoms with Crippen molar-refractivity contribution in [1.29, 1.82) is 0 Å². The highest BCUT2D eigenvalue weighted by Crippen LogP contribution is 2.16. The fourth-order valence-electron chi connectivity index (χ4n) is 1.04. The Kier molecular flexibility index (Phi) is 4.60. The molecule has 0 N–H and O–H groups in total. The zero-order chi connectivity index (χ0) is 10.4. The van der Waals surface area contributed by atoms with Gasteiger partial charge in [0.25, 0.3) is 0 Å². The van der Waals surface area contributed by atoms with Gasteiger partial charge in [-0.1, -0.05) is 31.0 Å². The van der Waals surface area contributed by atoms with Crippen molar-refractivity contribution in [2.24, 2.45) is 4.99 Å². The molecule has 3 heteroatoms. The molecular formula is C11H13ClFN. The summed E-state index contributed by atoms with van der Waals surface area (Å²) >= 11 is 5.81. The van der Waals surface area contributed by atoms with Gasteiger partial charge in [-0.25, -0.2) is 4.39 Å². The highest BCUT2D eigenvalue weighted by atomic mass is 35.5. The van der Waals surface area contributed by atoms with Crippen LogP contribution in [0.5, 0.6) is 0 Å². The molecule has 1 aromatic carbocycles. The van der Waals surface area contributed by atoms with Gasteiger partial charge in [0, 0.05) is 18.3 Å². The normalized spacial score (nSPS) is 11.1. The Bertz CT molecular complexity index is 303. The van der Waals surface area contributed by atoms with Crippen molar-refractivity contribution in [3.8, 4) is 0 Å². The Hall–Kier alpha value is -0.890. The molecule has 1 aromatic rings. The fraction of sp³-hybridized carbons (Fsp3) is 0.364. The maximum Gasteiger partial charge on any atom is 0.133 e. The number of halogens is 2. The molecule has 0 aliphatic heterocycles. The van der Waals surface area contributed by atoms with Gasteiger partial charge in [0.15, 0.2) is 0 Å². The number of unbranched alkanes of at least 4 members (excludes halogenated alkanes) is 1. The van der Waals surface area contributed by atoms with E-state index in [9.17, 15) is 4.39 Å². The van der Waals surface area contributed by atoms with E-state index in [0.29, 0.717) is 10.6 Å². The van der Waals surface area contributed by atoms with Crippen LogP contribution in [0.25, 0.3) is 0 Å². The minimum Gasteiger partial charge on any atom is -0.292 e. The number of nitrogens with zero attached hydrogens (tertiary/aromatic N) is 1. The van der Waals surface area contributed by atoms with E-state index in [1.54, 1.807) is 12.1 Å². The first kappa shape index (κ1) is 11.2. The lowest BCUT2D eigenvalue weighted by atomic mass is 10.2. The van der Waals surface area contributed by atoms with Gasteiger partial charge in [-0.3, -0.25) is 4.99 Å². The Morgan fingerprint density at radius 1 is 1.50 bits per heavy atom. The van der Waals surface area contributed by atoms with Crippen LogP contribution in [0.1, 0.15) is 25.3 Å².